The molecule has 2 unspecified atom stereocenters. The normalized spacial score (nSPS) is 21.8. The van der Waals surface area contributed by atoms with Crippen molar-refractivity contribution in [1.29, 1.82) is 0 Å². The Kier molecular flexibility index (Phi) is 6.78. The van der Waals surface area contributed by atoms with Gasteiger partial charge in [-0.05, 0) is 48.9 Å². The number of ketones is 1. The monoisotopic (exact) mass is 317 g/mol. The number of hydrogen-bond acceptors (Lipinski definition) is 4. The first kappa shape index (κ1) is 17.7. The van der Waals surface area contributed by atoms with Crippen LogP contribution in [0.3, 0.4) is 0 Å². The van der Waals surface area contributed by atoms with E-state index in [0.717, 1.165) is 30.6 Å². The van der Waals surface area contributed by atoms with Gasteiger partial charge in [0.05, 0.1) is 13.0 Å². The highest BCUT2D eigenvalue weighted by atomic mass is 16.5. The Labute approximate surface area is 138 Å². The number of ether oxygens (including phenoxy) is 1. The number of aldehydes is 1. The summed E-state index contributed by atoms with van der Waals surface area (Å²) in [7, 11) is 0. The molecule has 0 aliphatic carbocycles. The van der Waals surface area contributed by atoms with Crippen LogP contribution in [0.5, 0.6) is 5.75 Å². The van der Waals surface area contributed by atoms with Crippen LogP contribution in [0.25, 0.3) is 0 Å². The van der Waals surface area contributed by atoms with E-state index in [9.17, 15) is 9.59 Å². The molecule has 1 saturated heterocycles. The van der Waals surface area contributed by atoms with Crippen LogP contribution in [0.15, 0.2) is 24.3 Å². The van der Waals surface area contributed by atoms with E-state index in [4.69, 9.17) is 4.74 Å². The van der Waals surface area contributed by atoms with Crippen LogP contribution in [0.1, 0.15) is 43.5 Å². The molecule has 0 spiro atoms. The molecule has 4 nitrogen and oxygen atoms in total. The summed E-state index contributed by atoms with van der Waals surface area (Å²) in [4.78, 5) is 24.4. The molecule has 23 heavy (non-hydrogen) atoms. The predicted molar refractivity (Wildman–Crippen MR) is 91.0 cm³/mol. The van der Waals surface area contributed by atoms with Gasteiger partial charge in [0.15, 0.2) is 5.78 Å². The number of likely N-dealkylation sites (tertiary alicyclic amines) is 1. The average molecular weight is 317 g/mol. The highest BCUT2D eigenvalue weighted by Gasteiger charge is 2.20. The first-order chi connectivity index (χ1) is 11.1. The molecule has 0 saturated carbocycles. The summed E-state index contributed by atoms with van der Waals surface area (Å²) >= 11 is 0. The minimum absolute atomic E-state index is 0.0626. The standard InChI is InChI=1S/C19H27NO3/c1-15-12-16(2)14-20(13-15)9-3-11-23-18-6-4-17(5-7-18)19(22)8-10-21/h4-7,10,15-16H,3,8-9,11-14H2,1-2H3. The van der Waals surface area contributed by atoms with Crippen molar-refractivity contribution < 1.29 is 14.3 Å². The number of Topliss-reactive ketones (excluding diaryl/α,β-unsaturated/α-hetero) is 1. The summed E-state index contributed by atoms with van der Waals surface area (Å²) in [5, 5.41) is 0. The van der Waals surface area contributed by atoms with Gasteiger partial charge in [0, 0.05) is 25.2 Å². The van der Waals surface area contributed by atoms with Crippen LogP contribution in [-0.2, 0) is 4.79 Å². The molecule has 1 fully saturated rings. The van der Waals surface area contributed by atoms with E-state index in [2.05, 4.69) is 18.7 Å². The number of benzene rings is 1. The molecular formula is C19H27NO3. The fraction of sp³-hybridized carbons (Fsp3) is 0.579. The number of piperidine rings is 1. The number of carbonyl (C=O) groups is 2. The second kappa shape index (κ2) is 8.82. The average Bonchev–Trinajstić information content (AvgIpc) is 2.51. The molecule has 1 heterocycles. The quantitative estimate of drug-likeness (QED) is 0.320. The van der Waals surface area contributed by atoms with Gasteiger partial charge in [-0.15, -0.1) is 0 Å². The molecule has 1 aromatic carbocycles. The summed E-state index contributed by atoms with van der Waals surface area (Å²) in [6.07, 6.45) is 2.91. The third-order valence-electron chi connectivity index (χ3n) is 4.28. The third-order valence-corrected chi connectivity index (χ3v) is 4.28. The van der Waals surface area contributed by atoms with Crippen molar-refractivity contribution in [2.24, 2.45) is 11.8 Å². The highest BCUT2D eigenvalue weighted by Crippen LogP contribution is 2.21. The van der Waals surface area contributed by atoms with E-state index >= 15 is 0 Å². The SMILES string of the molecule is CC1CC(C)CN(CCCOc2ccc(C(=O)CC=O)cc2)C1. The van der Waals surface area contributed by atoms with Gasteiger partial charge < -0.3 is 14.4 Å². The van der Waals surface area contributed by atoms with Crippen molar-refractivity contribution in [2.45, 2.75) is 33.1 Å². The van der Waals surface area contributed by atoms with Crippen molar-refractivity contribution in [3.8, 4) is 5.75 Å². The maximum absolute atomic E-state index is 11.6. The van der Waals surface area contributed by atoms with E-state index in [-0.39, 0.29) is 12.2 Å². The van der Waals surface area contributed by atoms with Crippen molar-refractivity contribution >= 4 is 12.1 Å². The van der Waals surface area contributed by atoms with E-state index in [1.165, 1.54) is 19.5 Å². The molecule has 1 aromatic rings. The van der Waals surface area contributed by atoms with Gasteiger partial charge in [0.2, 0.25) is 0 Å². The van der Waals surface area contributed by atoms with Gasteiger partial charge in [-0.2, -0.15) is 0 Å². The van der Waals surface area contributed by atoms with Crippen molar-refractivity contribution in [2.75, 3.05) is 26.2 Å². The van der Waals surface area contributed by atoms with Crippen molar-refractivity contribution in [3.63, 3.8) is 0 Å². The van der Waals surface area contributed by atoms with E-state index in [1.54, 1.807) is 24.3 Å². The van der Waals surface area contributed by atoms with E-state index in [0.29, 0.717) is 18.5 Å². The van der Waals surface area contributed by atoms with Gasteiger partial charge in [-0.1, -0.05) is 13.8 Å². The highest BCUT2D eigenvalue weighted by molar-refractivity contribution is 6.02. The lowest BCUT2D eigenvalue weighted by atomic mass is 9.92. The first-order valence-electron chi connectivity index (χ1n) is 8.50. The number of carbonyl (C=O) groups excluding carboxylic acids is 2. The summed E-state index contributed by atoms with van der Waals surface area (Å²) in [6.45, 7) is 8.79. The van der Waals surface area contributed by atoms with Crippen LogP contribution < -0.4 is 4.74 Å². The molecule has 0 radical (unpaired) electrons. The van der Waals surface area contributed by atoms with E-state index < -0.39 is 0 Å². The lowest BCUT2D eigenvalue weighted by molar-refractivity contribution is -0.107. The molecule has 0 aromatic heterocycles. The number of hydrogen-bond donors (Lipinski definition) is 0. The first-order valence-corrected chi connectivity index (χ1v) is 8.50. The predicted octanol–water partition coefficient (Wildman–Crippen LogP) is 3.21. The Bertz CT molecular complexity index is 502. The third kappa shape index (κ3) is 5.79. The Hall–Kier alpha value is -1.68. The fourth-order valence-corrected chi connectivity index (χ4v) is 3.38. The van der Waals surface area contributed by atoms with Crippen LogP contribution in [0.4, 0.5) is 0 Å². The van der Waals surface area contributed by atoms with Gasteiger partial charge in [0.25, 0.3) is 0 Å². The molecule has 0 amide bonds. The summed E-state index contributed by atoms with van der Waals surface area (Å²) in [5.74, 6) is 2.19. The minimum atomic E-state index is -0.153. The number of rotatable bonds is 8. The number of nitrogens with zero attached hydrogens (tertiary/aromatic N) is 1. The summed E-state index contributed by atoms with van der Waals surface area (Å²) < 4.78 is 5.74. The summed E-state index contributed by atoms with van der Waals surface area (Å²) in [6, 6.07) is 7.02. The molecule has 2 rings (SSSR count). The van der Waals surface area contributed by atoms with Gasteiger partial charge in [0.1, 0.15) is 12.0 Å². The molecule has 0 bridgehead atoms. The van der Waals surface area contributed by atoms with E-state index in [1.807, 2.05) is 0 Å². The van der Waals surface area contributed by atoms with Crippen molar-refractivity contribution in [3.05, 3.63) is 29.8 Å². The Morgan fingerprint density at radius 2 is 1.87 bits per heavy atom. The maximum Gasteiger partial charge on any atom is 0.169 e. The molecule has 4 heteroatoms. The largest absolute Gasteiger partial charge is 0.494 e. The molecule has 2 atom stereocenters. The van der Waals surface area contributed by atoms with Gasteiger partial charge >= 0.3 is 0 Å². The molecule has 1 aliphatic rings. The van der Waals surface area contributed by atoms with Crippen LogP contribution in [0.2, 0.25) is 0 Å². The van der Waals surface area contributed by atoms with Gasteiger partial charge in [-0.3, -0.25) is 4.79 Å². The van der Waals surface area contributed by atoms with Gasteiger partial charge in [-0.25, -0.2) is 0 Å². The zero-order valence-corrected chi connectivity index (χ0v) is 14.2. The van der Waals surface area contributed by atoms with Crippen LogP contribution in [-0.4, -0.2) is 43.2 Å². The van der Waals surface area contributed by atoms with Crippen LogP contribution >= 0.6 is 0 Å². The summed E-state index contributed by atoms with van der Waals surface area (Å²) in [5.41, 5.74) is 0.556. The van der Waals surface area contributed by atoms with Crippen LogP contribution in [0, 0.1) is 11.8 Å². The Morgan fingerprint density at radius 1 is 1.22 bits per heavy atom. The zero-order chi connectivity index (χ0) is 16.7. The Morgan fingerprint density at radius 3 is 2.48 bits per heavy atom. The maximum atomic E-state index is 11.6. The lowest BCUT2D eigenvalue weighted by Crippen LogP contribution is -2.39. The lowest BCUT2D eigenvalue weighted by Gasteiger charge is -2.34. The minimum Gasteiger partial charge on any atom is -0.494 e. The zero-order valence-electron chi connectivity index (χ0n) is 14.2. The second-order valence-corrected chi connectivity index (χ2v) is 6.73. The van der Waals surface area contributed by atoms with Crippen molar-refractivity contribution in [1.82, 2.24) is 4.90 Å². The topological polar surface area (TPSA) is 46.6 Å². The Balaban J connectivity index is 1.70. The molecule has 0 N–H and O–H groups in total. The molecule has 126 valence electrons. The fourth-order valence-electron chi connectivity index (χ4n) is 3.38. The molecular weight excluding hydrogens is 290 g/mol. The smallest absolute Gasteiger partial charge is 0.169 e. The second-order valence-electron chi connectivity index (χ2n) is 6.73. The molecule has 1 aliphatic heterocycles.